The number of fused-ring (bicyclic) bond motifs is 2. The zero-order valence-electron chi connectivity index (χ0n) is 16.6. The van der Waals surface area contributed by atoms with Gasteiger partial charge < -0.3 is 15.0 Å². The monoisotopic (exact) mass is 434 g/mol. The van der Waals surface area contributed by atoms with Gasteiger partial charge in [-0.05, 0) is 59.5 Å². The van der Waals surface area contributed by atoms with Gasteiger partial charge in [0.15, 0.2) is 0 Å². The number of amides is 1. The van der Waals surface area contributed by atoms with Gasteiger partial charge in [0.1, 0.15) is 11.6 Å². The van der Waals surface area contributed by atoms with E-state index in [1.165, 1.54) is 12.1 Å². The lowest BCUT2D eigenvalue weighted by Crippen LogP contribution is -2.41. The molecule has 4 aromatic rings. The highest BCUT2D eigenvalue weighted by atomic mass is 35.5. The predicted octanol–water partition coefficient (Wildman–Crippen LogP) is 5.38. The number of phenolic OH excluding ortho intramolecular Hbond substituents is 1. The average molecular weight is 435 g/mol. The fourth-order valence-corrected chi connectivity index (χ4v) is 4.66. The second-order valence-electron chi connectivity index (χ2n) is 7.82. The van der Waals surface area contributed by atoms with Crippen LogP contribution in [0.4, 0.5) is 4.39 Å². The van der Waals surface area contributed by atoms with Crippen LogP contribution in [0.2, 0.25) is 5.02 Å². The lowest BCUT2D eigenvalue weighted by Gasteiger charge is -2.38. The van der Waals surface area contributed by atoms with E-state index in [-0.39, 0.29) is 23.9 Å². The molecule has 0 radical (unpaired) electrons. The van der Waals surface area contributed by atoms with E-state index in [1.807, 2.05) is 24.3 Å². The minimum Gasteiger partial charge on any atom is -0.508 e. The lowest BCUT2D eigenvalue weighted by molar-refractivity contribution is -0.132. The van der Waals surface area contributed by atoms with E-state index in [0.717, 1.165) is 28.6 Å². The fraction of sp³-hybridized carbons (Fsp3) is 0.160. The number of nitrogens with zero attached hydrogens (tertiary/aromatic N) is 1. The first-order chi connectivity index (χ1) is 15.0. The summed E-state index contributed by atoms with van der Waals surface area (Å²) in [5, 5.41) is 11.8. The van der Waals surface area contributed by atoms with Crippen LogP contribution < -0.4 is 0 Å². The summed E-state index contributed by atoms with van der Waals surface area (Å²) in [4.78, 5) is 18.4. The molecule has 3 aromatic carbocycles. The minimum atomic E-state index is -0.446. The number of benzene rings is 3. The van der Waals surface area contributed by atoms with Crippen LogP contribution in [0.5, 0.6) is 5.75 Å². The molecule has 1 amide bonds. The Labute approximate surface area is 183 Å². The standard InChI is InChI=1S/C25H20ClFN2O2/c26-17-5-8-23(30)21(12-17)25-19-4-2-1-3-15(19)9-10-29(25)24(31)11-16-14-28-22-7-6-18(27)13-20(16)22/h1-8,12-14,25,28,30H,9-11H2. The molecule has 5 rings (SSSR count). The van der Waals surface area contributed by atoms with E-state index in [9.17, 15) is 14.3 Å². The number of aromatic nitrogens is 1. The van der Waals surface area contributed by atoms with Gasteiger partial charge in [0.25, 0.3) is 0 Å². The summed E-state index contributed by atoms with van der Waals surface area (Å²) < 4.78 is 13.8. The zero-order chi connectivity index (χ0) is 21.5. The predicted molar refractivity (Wildman–Crippen MR) is 119 cm³/mol. The number of carbonyl (C=O) groups is 1. The molecule has 1 aliphatic rings. The summed E-state index contributed by atoms with van der Waals surface area (Å²) in [6, 6.07) is 16.9. The highest BCUT2D eigenvalue weighted by molar-refractivity contribution is 6.30. The van der Waals surface area contributed by atoms with E-state index < -0.39 is 6.04 Å². The summed E-state index contributed by atoms with van der Waals surface area (Å²) in [6.07, 6.45) is 2.61. The Morgan fingerprint density at radius 2 is 1.97 bits per heavy atom. The fourth-order valence-electron chi connectivity index (χ4n) is 4.48. The maximum Gasteiger partial charge on any atom is 0.227 e. The molecule has 1 aliphatic heterocycles. The van der Waals surface area contributed by atoms with Crippen molar-refractivity contribution in [2.24, 2.45) is 0 Å². The van der Waals surface area contributed by atoms with Crippen LogP contribution in [0, 0.1) is 5.82 Å². The highest BCUT2D eigenvalue weighted by Gasteiger charge is 2.33. The average Bonchev–Trinajstić information content (AvgIpc) is 3.16. The van der Waals surface area contributed by atoms with Crippen molar-refractivity contribution in [2.75, 3.05) is 6.54 Å². The molecule has 1 aromatic heterocycles. The van der Waals surface area contributed by atoms with Crippen molar-refractivity contribution in [3.05, 3.63) is 100.0 Å². The van der Waals surface area contributed by atoms with Crippen LogP contribution in [-0.4, -0.2) is 27.4 Å². The summed E-state index contributed by atoms with van der Waals surface area (Å²) >= 11 is 6.23. The van der Waals surface area contributed by atoms with E-state index in [0.29, 0.717) is 22.5 Å². The normalized spacial score (nSPS) is 15.8. The third kappa shape index (κ3) is 3.55. The first kappa shape index (κ1) is 19.6. The SMILES string of the molecule is O=C(Cc1c[nH]c2ccc(F)cc12)N1CCc2ccccc2C1c1cc(Cl)ccc1O. The van der Waals surface area contributed by atoms with Crippen molar-refractivity contribution in [1.82, 2.24) is 9.88 Å². The Bertz CT molecular complexity index is 1300. The molecule has 2 N–H and O–H groups in total. The molecule has 0 bridgehead atoms. The third-order valence-electron chi connectivity index (χ3n) is 5.96. The second-order valence-corrected chi connectivity index (χ2v) is 8.26. The van der Waals surface area contributed by atoms with Gasteiger partial charge in [0.2, 0.25) is 5.91 Å². The number of nitrogens with one attached hydrogen (secondary N) is 1. The van der Waals surface area contributed by atoms with Gasteiger partial charge in [-0.1, -0.05) is 35.9 Å². The molecular formula is C25H20ClFN2O2. The van der Waals surface area contributed by atoms with Crippen molar-refractivity contribution in [3.8, 4) is 5.75 Å². The van der Waals surface area contributed by atoms with E-state index in [1.54, 1.807) is 35.4 Å². The van der Waals surface area contributed by atoms with E-state index >= 15 is 0 Å². The summed E-state index contributed by atoms with van der Waals surface area (Å²) in [7, 11) is 0. The molecule has 0 saturated heterocycles. The number of hydrogen-bond acceptors (Lipinski definition) is 2. The van der Waals surface area contributed by atoms with Crippen molar-refractivity contribution >= 4 is 28.4 Å². The molecule has 0 saturated carbocycles. The number of hydrogen-bond donors (Lipinski definition) is 2. The topological polar surface area (TPSA) is 56.3 Å². The van der Waals surface area contributed by atoms with Gasteiger partial charge in [-0.15, -0.1) is 0 Å². The molecule has 156 valence electrons. The van der Waals surface area contributed by atoms with Crippen molar-refractivity contribution in [1.29, 1.82) is 0 Å². The second kappa shape index (κ2) is 7.75. The van der Waals surface area contributed by atoms with E-state index in [2.05, 4.69) is 4.98 Å². The molecule has 1 unspecified atom stereocenters. The van der Waals surface area contributed by atoms with Gasteiger partial charge in [-0.3, -0.25) is 4.79 Å². The number of rotatable bonds is 3. The number of carbonyl (C=O) groups excluding carboxylic acids is 1. The summed E-state index contributed by atoms with van der Waals surface area (Å²) in [5.41, 5.74) is 4.25. The van der Waals surface area contributed by atoms with Crippen LogP contribution in [0.1, 0.15) is 28.3 Å². The van der Waals surface area contributed by atoms with Crippen molar-refractivity contribution in [2.45, 2.75) is 18.9 Å². The zero-order valence-corrected chi connectivity index (χ0v) is 17.4. The first-order valence-electron chi connectivity index (χ1n) is 10.1. The van der Waals surface area contributed by atoms with Gasteiger partial charge in [-0.25, -0.2) is 4.39 Å². The minimum absolute atomic E-state index is 0.0935. The van der Waals surface area contributed by atoms with Gasteiger partial charge in [-0.2, -0.15) is 0 Å². The number of H-pyrrole nitrogens is 1. The largest absolute Gasteiger partial charge is 0.508 e. The van der Waals surface area contributed by atoms with Gasteiger partial charge in [0.05, 0.1) is 12.5 Å². The van der Waals surface area contributed by atoms with Gasteiger partial charge in [0, 0.05) is 34.2 Å². The summed E-state index contributed by atoms with van der Waals surface area (Å²) in [6.45, 7) is 0.517. The number of aromatic hydroxyl groups is 1. The van der Waals surface area contributed by atoms with E-state index in [4.69, 9.17) is 11.6 Å². The first-order valence-corrected chi connectivity index (χ1v) is 10.5. The van der Waals surface area contributed by atoms with Crippen LogP contribution in [-0.2, 0) is 17.6 Å². The molecule has 0 fully saturated rings. The Morgan fingerprint density at radius 3 is 2.84 bits per heavy atom. The number of phenols is 1. The van der Waals surface area contributed by atoms with Crippen LogP contribution >= 0.6 is 11.6 Å². The Morgan fingerprint density at radius 1 is 1.13 bits per heavy atom. The van der Waals surface area contributed by atoms with Crippen molar-refractivity contribution in [3.63, 3.8) is 0 Å². The quantitative estimate of drug-likeness (QED) is 0.454. The maximum absolute atomic E-state index is 13.8. The molecular weight excluding hydrogens is 415 g/mol. The Balaban J connectivity index is 1.55. The maximum atomic E-state index is 13.8. The third-order valence-corrected chi connectivity index (χ3v) is 6.19. The van der Waals surface area contributed by atoms with Crippen LogP contribution in [0.3, 0.4) is 0 Å². The molecule has 4 nitrogen and oxygen atoms in total. The molecule has 0 spiro atoms. The molecule has 2 heterocycles. The number of halogens is 2. The van der Waals surface area contributed by atoms with Crippen molar-refractivity contribution < 1.29 is 14.3 Å². The molecule has 31 heavy (non-hydrogen) atoms. The molecule has 1 atom stereocenters. The highest BCUT2D eigenvalue weighted by Crippen LogP contribution is 2.40. The smallest absolute Gasteiger partial charge is 0.227 e. The van der Waals surface area contributed by atoms with Gasteiger partial charge >= 0.3 is 0 Å². The Kier molecular flexibility index (Phi) is 4.91. The lowest BCUT2D eigenvalue weighted by atomic mass is 9.87. The molecule has 0 aliphatic carbocycles. The van der Waals surface area contributed by atoms with Crippen LogP contribution in [0.15, 0.2) is 66.9 Å². The number of aromatic amines is 1. The molecule has 6 heteroatoms. The Hall–Kier alpha value is -3.31. The van der Waals surface area contributed by atoms with Crippen LogP contribution in [0.25, 0.3) is 10.9 Å². The summed E-state index contributed by atoms with van der Waals surface area (Å²) in [5.74, 6) is -0.337.